The van der Waals surface area contributed by atoms with E-state index in [2.05, 4.69) is 228 Å². The molecule has 0 saturated carbocycles. The van der Waals surface area contributed by atoms with Gasteiger partial charge >= 0.3 is 0 Å². The zero-order valence-electron chi connectivity index (χ0n) is 31.7. The highest BCUT2D eigenvalue weighted by molar-refractivity contribution is 6.39. The number of para-hydroxylation sites is 3. The molecule has 0 spiro atoms. The maximum Gasteiger partial charge on any atom is 0.0626 e. The predicted molar refractivity (Wildman–Crippen MR) is 248 cm³/mol. The number of benzene rings is 11. The molecule has 1 aromatic heterocycles. The monoisotopic (exact) mass is 736 g/mol. The maximum atomic E-state index is 2.51. The van der Waals surface area contributed by atoms with Crippen LogP contribution in [0.1, 0.15) is 0 Å². The smallest absolute Gasteiger partial charge is 0.0626 e. The first-order chi connectivity index (χ1) is 28.8. The Morgan fingerprint density at radius 1 is 0.310 bits per heavy atom. The second kappa shape index (κ2) is 12.9. The van der Waals surface area contributed by atoms with E-state index in [0.29, 0.717) is 0 Å². The topological polar surface area (TPSA) is 8.17 Å². The zero-order valence-corrected chi connectivity index (χ0v) is 31.7. The number of nitrogens with zero attached hydrogens (tertiary/aromatic N) is 2. The molecule has 0 aliphatic heterocycles. The van der Waals surface area contributed by atoms with E-state index in [9.17, 15) is 0 Å². The molecule has 1 heterocycles. The fourth-order valence-corrected chi connectivity index (χ4v) is 9.49. The number of hydrogen-bond acceptors (Lipinski definition) is 1. The van der Waals surface area contributed by atoms with Crippen molar-refractivity contribution in [3.05, 3.63) is 218 Å². The van der Waals surface area contributed by atoms with E-state index in [1.807, 2.05) is 0 Å². The average Bonchev–Trinajstić information content (AvgIpc) is 3.64. The summed E-state index contributed by atoms with van der Waals surface area (Å²) in [4.78, 5) is 2.31. The standard InChI is InChI=1S/C56H36N2/c1-4-17-43(18-5-1)57(44-19-6-2-7-20-44)46-31-28-38(29-32-46)40-30-33-48-52(36-40)58(45-21-8-3-9-22-45)56-50-25-13-23-47-51(41-27-26-37-14-10-11-15-39(37)34-41)35-42-16-12-24-49(55(48)56)53(42)54(47)50/h1-36H. The fourth-order valence-electron chi connectivity index (χ4n) is 9.49. The van der Waals surface area contributed by atoms with Crippen LogP contribution >= 0.6 is 0 Å². The molecule has 58 heavy (non-hydrogen) atoms. The lowest BCUT2D eigenvalue weighted by molar-refractivity contribution is 1.19. The molecular formula is C56H36N2. The first kappa shape index (κ1) is 32.6. The van der Waals surface area contributed by atoms with Crippen molar-refractivity contribution in [1.29, 1.82) is 0 Å². The maximum absolute atomic E-state index is 2.51. The summed E-state index contributed by atoms with van der Waals surface area (Å²) in [6.45, 7) is 0. The van der Waals surface area contributed by atoms with Crippen LogP contribution in [0, 0.1) is 0 Å². The Kier molecular flexibility index (Phi) is 7.26. The molecule has 2 heteroatoms. The van der Waals surface area contributed by atoms with Crippen LogP contribution in [0.4, 0.5) is 17.1 Å². The van der Waals surface area contributed by atoms with Crippen LogP contribution in [0.25, 0.3) is 92.8 Å². The van der Waals surface area contributed by atoms with Crippen LogP contribution in [0.2, 0.25) is 0 Å². The van der Waals surface area contributed by atoms with E-state index in [-0.39, 0.29) is 0 Å². The molecule has 0 atom stereocenters. The van der Waals surface area contributed by atoms with Crippen LogP contribution in [-0.2, 0) is 0 Å². The van der Waals surface area contributed by atoms with Gasteiger partial charge in [0.25, 0.3) is 0 Å². The molecule has 0 amide bonds. The molecular weight excluding hydrogens is 701 g/mol. The van der Waals surface area contributed by atoms with Gasteiger partial charge in [0.2, 0.25) is 0 Å². The highest BCUT2D eigenvalue weighted by Gasteiger charge is 2.23. The van der Waals surface area contributed by atoms with E-state index in [1.54, 1.807) is 0 Å². The lowest BCUT2D eigenvalue weighted by atomic mass is 9.86. The van der Waals surface area contributed by atoms with Gasteiger partial charge in [0.05, 0.1) is 11.0 Å². The van der Waals surface area contributed by atoms with Gasteiger partial charge in [-0.05, 0) is 121 Å². The van der Waals surface area contributed by atoms with Gasteiger partial charge in [-0.25, -0.2) is 0 Å². The minimum absolute atomic E-state index is 1.12. The van der Waals surface area contributed by atoms with Crippen LogP contribution < -0.4 is 4.90 Å². The van der Waals surface area contributed by atoms with Crippen LogP contribution in [0.5, 0.6) is 0 Å². The van der Waals surface area contributed by atoms with Gasteiger partial charge in [-0.15, -0.1) is 0 Å². The molecule has 0 N–H and O–H groups in total. The molecule has 0 aliphatic rings. The van der Waals surface area contributed by atoms with Crippen LogP contribution in [-0.4, -0.2) is 4.57 Å². The van der Waals surface area contributed by atoms with Crippen molar-refractivity contribution in [1.82, 2.24) is 4.57 Å². The average molecular weight is 737 g/mol. The van der Waals surface area contributed by atoms with Crippen molar-refractivity contribution in [2.45, 2.75) is 0 Å². The number of hydrogen-bond donors (Lipinski definition) is 0. The number of fused-ring (bicyclic) bond motifs is 6. The summed E-state index contributed by atoms with van der Waals surface area (Å²) in [5.74, 6) is 0. The second-order valence-corrected chi connectivity index (χ2v) is 15.3. The number of aromatic nitrogens is 1. The summed E-state index contributed by atoms with van der Waals surface area (Å²) in [7, 11) is 0. The molecule has 12 rings (SSSR count). The van der Waals surface area contributed by atoms with E-state index >= 15 is 0 Å². The van der Waals surface area contributed by atoms with Crippen molar-refractivity contribution in [3.63, 3.8) is 0 Å². The van der Waals surface area contributed by atoms with E-state index in [1.165, 1.54) is 87.1 Å². The quantitative estimate of drug-likeness (QED) is 0.154. The molecule has 0 bridgehead atoms. The summed E-state index contributed by atoms with van der Waals surface area (Å²) in [6.07, 6.45) is 0. The molecule has 2 nitrogen and oxygen atoms in total. The van der Waals surface area contributed by atoms with E-state index < -0.39 is 0 Å². The molecule has 270 valence electrons. The summed E-state index contributed by atoms with van der Waals surface area (Å²) < 4.78 is 2.51. The van der Waals surface area contributed by atoms with Crippen LogP contribution in [0.3, 0.4) is 0 Å². The summed E-state index contributed by atoms with van der Waals surface area (Å²) in [6, 6.07) is 79.8. The van der Waals surface area contributed by atoms with Crippen molar-refractivity contribution < 1.29 is 0 Å². The van der Waals surface area contributed by atoms with Gasteiger partial charge in [-0.3, -0.25) is 0 Å². The normalized spacial score (nSPS) is 11.8. The SMILES string of the molecule is c1ccc(N(c2ccccc2)c2ccc(-c3ccc4c5c6cccc7cc(-c8ccc9ccccc9c8)c8cccc(c8c76)c5n(-c5ccccc5)c4c3)cc2)cc1. The Labute approximate surface area is 336 Å². The van der Waals surface area contributed by atoms with Gasteiger partial charge in [0.1, 0.15) is 0 Å². The molecule has 0 fully saturated rings. The third-order valence-electron chi connectivity index (χ3n) is 12.1. The van der Waals surface area contributed by atoms with Gasteiger partial charge < -0.3 is 9.47 Å². The fraction of sp³-hybridized carbons (Fsp3) is 0. The molecule has 0 unspecified atom stereocenters. The highest BCUT2D eigenvalue weighted by Crippen LogP contribution is 2.48. The highest BCUT2D eigenvalue weighted by atomic mass is 15.1. The van der Waals surface area contributed by atoms with Crippen molar-refractivity contribution in [2.75, 3.05) is 4.90 Å². The summed E-state index contributed by atoms with van der Waals surface area (Å²) >= 11 is 0. The van der Waals surface area contributed by atoms with Crippen molar-refractivity contribution in [2.24, 2.45) is 0 Å². The van der Waals surface area contributed by atoms with Crippen LogP contribution in [0.15, 0.2) is 218 Å². The number of rotatable bonds is 6. The predicted octanol–water partition coefficient (Wildman–Crippen LogP) is 15.6. The lowest BCUT2D eigenvalue weighted by Crippen LogP contribution is -2.09. The zero-order chi connectivity index (χ0) is 38.2. The first-order valence-corrected chi connectivity index (χ1v) is 20.0. The third-order valence-corrected chi connectivity index (χ3v) is 12.1. The van der Waals surface area contributed by atoms with Gasteiger partial charge in [-0.2, -0.15) is 0 Å². The largest absolute Gasteiger partial charge is 0.311 e. The van der Waals surface area contributed by atoms with Crippen molar-refractivity contribution >= 4 is 82.0 Å². The Hall–Kier alpha value is -7.68. The summed E-state index contributed by atoms with van der Waals surface area (Å²) in [5.41, 5.74) is 11.8. The third kappa shape index (κ3) is 4.99. The van der Waals surface area contributed by atoms with E-state index in [4.69, 9.17) is 0 Å². The van der Waals surface area contributed by atoms with Gasteiger partial charge in [-0.1, -0.05) is 152 Å². The Balaban J connectivity index is 1.10. The summed E-state index contributed by atoms with van der Waals surface area (Å²) in [5, 5.41) is 12.8. The van der Waals surface area contributed by atoms with Gasteiger partial charge in [0.15, 0.2) is 0 Å². The number of anilines is 3. The van der Waals surface area contributed by atoms with Crippen molar-refractivity contribution in [3.8, 4) is 27.9 Å². The Morgan fingerprint density at radius 2 is 0.897 bits per heavy atom. The molecule has 0 radical (unpaired) electrons. The first-order valence-electron chi connectivity index (χ1n) is 20.0. The molecule has 12 aromatic rings. The minimum Gasteiger partial charge on any atom is -0.311 e. The lowest BCUT2D eigenvalue weighted by Gasteiger charge is -2.25. The Bertz CT molecular complexity index is 3440. The minimum atomic E-state index is 1.12. The Morgan fingerprint density at radius 3 is 1.66 bits per heavy atom. The second-order valence-electron chi connectivity index (χ2n) is 15.3. The molecule has 11 aromatic carbocycles. The van der Waals surface area contributed by atoms with Gasteiger partial charge in [0, 0.05) is 44.3 Å². The molecule has 0 saturated heterocycles. The molecule has 0 aliphatic carbocycles. The van der Waals surface area contributed by atoms with E-state index in [0.717, 1.165) is 22.7 Å².